The van der Waals surface area contributed by atoms with Gasteiger partial charge in [0, 0.05) is 18.6 Å². The molecule has 0 saturated carbocycles. The molecule has 0 aromatic heterocycles. The molecule has 24 heavy (non-hydrogen) atoms. The van der Waals surface area contributed by atoms with Gasteiger partial charge in [0.2, 0.25) is 5.91 Å². The van der Waals surface area contributed by atoms with E-state index in [1.165, 1.54) is 4.90 Å². The molecule has 136 valence electrons. The maximum atomic E-state index is 12.6. The Morgan fingerprint density at radius 2 is 1.83 bits per heavy atom. The van der Waals surface area contributed by atoms with Crippen molar-refractivity contribution in [1.82, 2.24) is 10.2 Å². The van der Waals surface area contributed by atoms with E-state index in [1.807, 2.05) is 0 Å². The lowest BCUT2D eigenvalue weighted by molar-refractivity contribution is -0.165. The van der Waals surface area contributed by atoms with E-state index in [0.717, 1.165) is 12.8 Å². The van der Waals surface area contributed by atoms with Crippen molar-refractivity contribution < 1.29 is 27.9 Å². The van der Waals surface area contributed by atoms with Gasteiger partial charge >= 0.3 is 12.1 Å². The van der Waals surface area contributed by atoms with Gasteiger partial charge < -0.3 is 15.3 Å². The summed E-state index contributed by atoms with van der Waals surface area (Å²) in [5, 5.41) is 12.8. The summed E-state index contributed by atoms with van der Waals surface area (Å²) in [4.78, 5) is 25.1. The fourth-order valence-electron chi connectivity index (χ4n) is 4.78. The van der Waals surface area contributed by atoms with Crippen molar-refractivity contribution in [3.05, 3.63) is 0 Å². The molecule has 0 spiro atoms. The third-order valence-electron chi connectivity index (χ3n) is 5.78. The minimum atomic E-state index is -4.52. The summed E-state index contributed by atoms with van der Waals surface area (Å²) in [5.41, 5.74) is -0.972. The zero-order valence-electron chi connectivity index (χ0n) is 13.8. The predicted octanol–water partition coefficient (Wildman–Crippen LogP) is 2.02. The molecule has 3 rings (SSSR count). The molecule has 3 bridgehead atoms. The molecule has 0 aromatic carbocycles. The van der Waals surface area contributed by atoms with Crippen LogP contribution >= 0.6 is 0 Å². The quantitative estimate of drug-likeness (QED) is 0.816. The first-order valence-electron chi connectivity index (χ1n) is 8.33. The van der Waals surface area contributed by atoms with E-state index in [1.54, 1.807) is 13.8 Å². The fraction of sp³-hybridized carbons (Fsp3) is 0.875. The molecule has 8 heteroatoms. The Hall–Kier alpha value is -1.31. The van der Waals surface area contributed by atoms with Crippen molar-refractivity contribution >= 4 is 11.9 Å². The minimum Gasteiger partial charge on any atom is -0.481 e. The molecule has 3 saturated heterocycles. The highest BCUT2D eigenvalue weighted by atomic mass is 19.4. The number of nitrogens with one attached hydrogen (secondary N) is 1. The van der Waals surface area contributed by atoms with Crippen molar-refractivity contribution in [3.8, 4) is 0 Å². The van der Waals surface area contributed by atoms with Crippen LogP contribution in [-0.2, 0) is 9.59 Å². The Bertz CT molecular complexity index is 549. The molecule has 3 fully saturated rings. The lowest BCUT2D eigenvalue weighted by Crippen LogP contribution is -2.57. The van der Waals surface area contributed by atoms with E-state index in [9.17, 15) is 27.9 Å². The van der Waals surface area contributed by atoms with Crippen LogP contribution in [-0.4, -0.2) is 52.7 Å². The standard InChI is InChI=1S/C16H23F3N2O3/c1-15(2,14(23)24)5-9-10-3-8-4-11(20-10)13(9)21(7-8)12(22)6-16(17,18)19/h8-11,13,20H,3-7H2,1-2H3,(H,23,24). The van der Waals surface area contributed by atoms with Crippen molar-refractivity contribution in [2.24, 2.45) is 17.3 Å². The molecule has 3 aliphatic heterocycles. The lowest BCUT2D eigenvalue weighted by Gasteiger charge is -2.43. The molecule has 3 heterocycles. The molecule has 5 nitrogen and oxygen atoms in total. The van der Waals surface area contributed by atoms with Gasteiger partial charge in [0.05, 0.1) is 11.5 Å². The van der Waals surface area contributed by atoms with Crippen molar-refractivity contribution in [3.63, 3.8) is 0 Å². The Morgan fingerprint density at radius 3 is 2.42 bits per heavy atom. The third-order valence-corrected chi connectivity index (χ3v) is 5.78. The highest BCUT2D eigenvalue weighted by Crippen LogP contribution is 2.47. The van der Waals surface area contributed by atoms with Crippen LogP contribution in [0.2, 0.25) is 0 Å². The van der Waals surface area contributed by atoms with Gasteiger partial charge in [-0.05, 0) is 44.9 Å². The number of hydrogen-bond donors (Lipinski definition) is 2. The average molecular weight is 348 g/mol. The zero-order chi connectivity index (χ0) is 17.9. The molecule has 5 atom stereocenters. The van der Waals surface area contributed by atoms with Gasteiger partial charge in [0.1, 0.15) is 6.42 Å². The molecule has 0 aliphatic carbocycles. The number of likely N-dealkylation sites (tertiary alicyclic amines) is 1. The van der Waals surface area contributed by atoms with Crippen LogP contribution in [0.25, 0.3) is 0 Å². The Kier molecular flexibility index (Phi) is 4.09. The van der Waals surface area contributed by atoms with Crippen LogP contribution in [0.15, 0.2) is 0 Å². The summed E-state index contributed by atoms with van der Waals surface area (Å²) in [6, 6.07) is -0.266. The van der Waals surface area contributed by atoms with Gasteiger partial charge in [-0.15, -0.1) is 0 Å². The number of fused-ring (bicyclic) bond motifs is 2. The number of carboxylic acids is 1. The van der Waals surface area contributed by atoms with Gasteiger partial charge in [-0.1, -0.05) is 0 Å². The van der Waals surface area contributed by atoms with Gasteiger partial charge in [0.25, 0.3) is 0 Å². The van der Waals surface area contributed by atoms with E-state index >= 15 is 0 Å². The summed E-state index contributed by atoms with van der Waals surface area (Å²) in [5.74, 6) is -1.73. The summed E-state index contributed by atoms with van der Waals surface area (Å²) in [6.45, 7) is 3.62. The SMILES string of the molecule is CC(C)(CC1C2CC3CC(N2)C1N(C(=O)CC(F)(F)F)C3)C(=O)O. The first-order chi connectivity index (χ1) is 11.0. The topological polar surface area (TPSA) is 69.6 Å². The van der Waals surface area contributed by atoms with E-state index in [2.05, 4.69) is 5.32 Å². The minimum absolute atomic E-state index is 0.0192. The van der Waals surface area contributed by atoms with Gasteiger partial charge in [-0.2, -0.15) is 13.2 Å². The summed E-state index contributed by atoms with van der Waals surface area (Å²) < 4.78 is 37.9. The number of carbonyl (C=O) groups is 2. The predicted molar refractivity (Wildman–Crippen MR) is 79.1 cm³/mol. The first-order valence-corrected chi connectivity index (χ1v) is 8.33. The van der Waals surface area contributed by atoms with Crippen LogP contribution in [0.1, 0.15) is 39.5 Å². The molecule has 0 aromatic rings. The number of hydrogen-bond acceptors (Lipinski definition) is 3. The largest absolute Gasteiger partial charge is 0.481 e. The third kappa shape index (κ3) is 3.12. The highest BCUT2D eigenvalue weighted by Gasteiger charge is 2.56. The van der Waals surface area contributed by atoms with Gasteiger partial charge in [-0.3, -0.25) is 9.59 Å². The second-order valence-electron chi connectivity index (χ2n) is 8.10. The smallest absolute Gasteiger partial charge is 0.397 e. The number of alkyl halides is 3. The van der Waals surface area contributed by atoms with E-state index in [0.29, 0.717) is 13.0 Å². The molecular weight excluding hydrogens is 325 g/mol. The number of halogens is 3. The number of carboxylic acid groups (broad SMARTS) is 1. The fourth-order valence-corrected chi connectivity index (χ4v) is 4.78. The molecular formula is C16H23F3N2O3. The molecule has 2 N–H and O–H groups in total. The maximum Gasteiger partial charge on any atom is 0.397 e. The molecule has 3 aliphatic rings. The number of aliphatic carboxylic acids is 1. The van der Waals surface area contributed by atoms with E-state index in [-0.39, 0.29) is 30.0 Å². The Balaban J connectivity index is 1.84. The zero-order valence-corrected chi connectivity index (χ0v) is 13.8. The van der Waals surface area contributed by atoms with Crippen molar-refractivity contribution in [2.45, 2.75) is 63.8 Å². The number of rotatable bonds is 4. The van der Waals surface area contributed by atoms with E-state index in [4.69, 9.17) is 0 Å². The van der Waals surface area contributed by atoms with Crippen LogP contribution in [0.3, 0.4) is 0 Å². The Labute approximate surface area is 138 Å². The first kappa shape index (κ1) is 17.5. The monoisotopic (exact) mass is 348 g/mol. The molecule has 5 unspecified atom stereocenters. The summed E-state index contributed by atoms with van der Waals surface area (Å²) in [6.07, 6.45) is -3.97. The average Bonchev–Trinajstić information content (AvgIpc) is 2.58. The van der Waals surface area contributed by atoms with Crippen LogP contribution in [0.4, 0.5) is 13.2 Å². The number of amides is 1. The number of piperidine rings is 2. The Morgan fingerprint density at radius 1 is 1.21 bits per heavy atom. The van der Waals surface area contributed by atoms with Crippen LogP contribution < -0.4 is 5.32 Å². The van der Waals surface area contributed by atoms with Gasteiger partial charge in [-0.25, -0.2) is 0 Å². The summed E-state index contributed by atoms with van der Waals surface area (Å²) >= 11 is 0. The highest BCUT2D eigenvalue weighted by molar-refractivity contribution is 5.78. The lowest BCUT2D eigenvalue weighted by atomic mass is 9.77. The number of carbonyl (C=O) groups excluding carboxylic acids is 1. The second kappa shape index (κ2) is 5.61. The maximum absolute atomic E-state index is 12.6. The molecule has 0 radical (unpaired) electrons. The summed E-state index contributed by atoms with van der Waals surface area (Å²) in [7, 11) is 0. The normalized spacial score (nSPS) is 35.4. The van der Waals surface area contributed by atoms with Crippen molar-refractivity contribution in [2.75, 3.05) is 6.54 Å². The molecule has 1 amide bonds. The number of nitrogens with zero attached hydrogens (tertiary/aromatic N) is 1. The van der Waals surface area contributed by atoms with Crippen molar-refractivity contribution in [1.29, 1.82) is 0 Å². The van der Waals surface area contributed by atoms with Gasteiger partial charge in [0.15, 0.2) is 0 Å². The van der Waals surface area contributed by atoms with E-state index < -0.39 is 29.9 Å². The van der Waals surface area contributed by atoms with Crippen LogP contribution in [0.5, 0.6) is 0 Å². The van der Waals surface area contributed by atoms with Crippen LogP contribution in [0, 0.1) is 17.3 Å². The second-order valence-corrected chi connectivity index (χ2v) is 8.10.